The van der Waals surface area contributed by atoms with Crippen molar-refractivity contribution in [2.45, 2.75) is 45.4 Å². The molecule has 2 atom stereocenters. The summed E-state index contributed by atoms with van der Waals surface area (Å²) in [5.41, 5.74) is 0.698. The van der Waals surface area contributed by atoms with Gasteiger partial charge >= 0.3 is 0 Å². The Kier molecular flexibility index (Phi) is 4.45. The van der Waals surface area contributed by atoms with Crippen LogP contribution in [-0.4, -0.2) is 40.7 Å². The molecule has 0 bridgehead atoms. The molecule has 1 aromatic rings. The third-order valence-electron chi connectivity index (χ3n) is 3.25. The first-order chi connectivity index (χ1) is 9.38. The lowest BCUT2D eigenvalue weighted by Crippen LogP contribution is -2.44. The van der Waals surface area contributed by atoms with Crippen molar-refractivity contribution in [2.24, 2.45) is 0 Å². The number of carbonyl (C=O) groups excluding carboxylic acids is 1. The smallest absolute Gasteiger partial charge is 0.243 e. The number of morpholine rings is 1. The van der Waals surface area contributed by atoms with Crippen LogP contribution in [0.15, 0.2) is 12.5 Å². The van der Waals surface area contributed by atoms with Crippen molar-refractivity contribution in [3.05, 3.63) is 18.2 Å². The average Bonchev–Trinajstić information content (AvgIpc) is 2.86. The fourth-order valence-corrected chi connectivity index (χ4v) is 2.24. The van der Waals surface area contributed by atoms with Crippen LogP contribution in [0.2, 0.25) is 0 Å². The lowest BCUT2D eigenvalue weighted by atomic mass is 10.1. The summed E-state index contributed by atoms with van der Waals surface area (Å²) in [7, 11) is 0. The van der Waals surface area contributed by atoms with Gasteiger partial charge in [0.05, 0.1) is 24.8 Å². The van der Waals surface area contributed by atoms with Crippen molar-refractivity contribution in [1.82, 2.24) is 20.2 Å². The van der Waals surface area contributed by atoms with E-state index in [1.54, 1.807) is 12.5 Å². The number of hydrogen-bond acceptors (Lipinski definition) is 4. The zero-order valence-electron chi connectivity index (χ0n) is 12.6. The minimum Gasteiger partial charge on any atom is -0.369 e. The fraction of sp³-hybridized carbons (Fsp3) is 0.714. The maximum Gasteiger partial charge on any atom is 0.243 e. The van der Waals surface area contributed by atoms with Crippen molar-refractivity contribution in [1.29, 1.82) is 0 Å². The Labute approximate surface area is 119 Å². The van der Waals surface area contributed by atoms with Crippen LogP contribution >= 0.6 is 0 Å². The number of amides is 1. The maximum atomic E-state index is 12.3. The molecule has 0 aliphatic carbocycles. The van der Waals surface area contributed by atoms with Crippen molar-refractivity contribution in [2.75, 3.05) is 19.7 Å². The fourth-order valence-electron chi connectivity index (χ4n) is 2.24. The van der Waals surface area contributed by atoms with E-state index >= 15 is 0 Å². The molecule has 6 nitrogen and oxygen atoms in total. The van der Waals surface area contributed by atoms with Gasteiger partial charge in [-0.25, -0.2) is 4.98 Å². The van der Waals surface area contributed by atoms with E-state index in [9.17, 15) is 4.79 Å². The number of nitrogens with zero attached hydrogens (tertiary/aromatic N) is 2. The minimum absolute atomic E-state index is 0.0134. The van der Waals surface area contributed by atoms with Crippen LogP contribution in [0.25, 0.3) is 0 Å². The maximum absolute atomic E-state index is 12.3. The van der Waals surface area contributed by atoms with Gasteiger partial charge in [-0.05, 0) is 27.7 Å². The molecule has 1 aliphatic rings. The molecule has 0 saturated carbocycles. The second-order valence-electron chi connectivity index (χ2n) is 6.20. The van der Waals surface area contributed by atoms with Crippen LogP contribution < -0.4 is 10.6 Å². The van der Waals surface area contributed by atoms with E-state index in [2.05, 4.69) is 15.6 Å². The first-order valence-electron chi connectivity index (χ1n) is 7.04. The number of carbonyl (C=O) groups is 1. The van der Waals surface area contributed by atoms with Crippen LogP contribution in [0, 0.1) is 0 Å². The van der Waals surface area contributed by atoms with Gasteiger partial charge in [0.2, 0.25) is 5.91 Å². The average molecular weight is 280 g/mol. The van der Waals surface area contributed by atoms with Crippen molar-refractivity contribution >= 4 is 5.91 Å². The van der Waals surface area contributed by atoms with E-state index in [4.69, 9.17) is 4.74 Å². The molecule has 1 aromatic heterocycles. The molecule has 0 aromatic carbocycles. The normalized spacial score (nSPS) is 21.5. The third-order valence-corrected chi connectivity index (χ3v) is 3.25. The first kappa shape index (κ1) is 15.0. The van der Waals surface area contributed by atoms with E-state index in [0.29, 0.717) is 6.61 Å². The predicted octanol–water partition coefficient (Wildman–Crippen LogP) is 1.02. The molecule has 2 rings (SSSR count). The number of ether oxygens (including phenoxy) is 1. The molecule has 6 heteroatoms. The molecule has 20 heavy (non-hydrogen) atoms. The van der Waals surface area contributed by atoms with Gasteiger partial charge in [0.15, 0.2) is 0 Å². The summed E-state index contributed by atoms with van der Waals surface area (Å²) in [5.74, 6) is -0.0134. The molecule has 2 unspecified atom stereocenters. The van der Waals surface area contributed by atoms with Crippen molar-refractivity contribution < 1.29 is 9.53 Å². The standard InChI is InChI=1S/C14H24N4O2/c1-10(13(19)17-14(2,3)4)18-9-16-7-11(18)12-8-15-5-6-20-12/h7,9-10,12,15H,5-6,8H2,1-4H3,(H,17,19). The summed E-state index contributed by atoms with van der Waals surface area (Å²) in [4.78, 5) is 16.4. The summed E-state index contributed by atoms with van der Waals surface area (Å²) < 4.78 is 7.63. The van der Waals surface area contributed by atoms with Gasteiger partial charge in [-0.1, -0.05) is 0 Å². The van der Waals surface area contributed by atoms with E-state index in [1.807, 2.05) is 32.3 Å². The Morgan fingerprint density at radius 1 is 1.60 bits per heavy atom. The topological polar surface area (TPSA) is 68.2 Å². The van der Waals surface area contributed by atoms with Crippen LogP contribution in [0.5, 0.6) is 0 Å². The van der Waals surface area contributed by atoms with E-state index in [-0.39, 0.29) is 23.6 Å². The Hall–Kier alpha value is -1.40. The molecule has 1 aliphatic heterocycles. The Morgan fingerprint density at radius 3 is 2.95 bits per heavy atom. The lowest BCUT2D eigenvalue weighted by molar-refractivity contribution is -0.125. The van der Waals surface area contributed by atoms with Gasteiger partial charge in [0.1, 0.15) is 12.1 Å². The van der Waals surface area contributed by atoms with Crippen LogP contribution in [-0.2, 0) is 9.53 Å². The highest BCUT2D eigenvalue weighted by Crippen LogP contribution is 2.22. The molecule has 1 fully saturated rings. The van der Waals surface area contributed by atoms with Crippen molar-refractivity contribution in [3.63, 3.8) is 0 Å². The first-order valence-corrected chi connectivity index (χ1v) is 7.04. The highest BCUT2D eigenvalue weighted by atomic mass is 16.5. The van der Waals surface area contributed by atoms with Gasteiger partial charge in [0, 0.05) is 18.6 Å². The number of imidazole rings is 1. The second kappa shape index (κ2) is 5.93. The third kappa shape index (κ3) is 3.58. The molecule has 2 heterocycles. The van der Waals surface area contributed by atoms with Crippen LogP contribution in [0.1, 0.15) is 45.5 Å². The van der Waals surface area contributed by atoms with Gasteiger partial charge < -0.3 is 19.9 Å². The van der Waals surface area contributed by atoms with Crippen LogP contribution in [0.4, 0.5) is 0 Å². The second-order valence-corrected chi connectivity index (χ2v) is 6.20. The zero-order valence-corrected chi connectivity index (χ0v) is 12.6. The van der Waals surface area contributed by atoms with Crippen molar-refractivity contribution in [3.8, 4) is 0 Å². The molecule has 0 radical (unpaired) electrons. The van der Waals surface area contributed by atoms with Gasteiger partial charge in [-0.15, -0.1) is 0 Å². The molecule has 1 saturated heterocycles. The Bertz CT molecular complexity index is 458. The summed E-state index contributed by atoms with van der Waals surface area (Å²) in [6, 6.07) is -0.308. The molecule has 0 spiro atoms. The summed E-state index contributed by atoms with van der Waals surface area (Å²) >= 11 is 0. The summed E-state index contributed by atoms with van der Waals surface area (Å²) in [6.07, 6.45) is 3.43. The van der Waals surface area contributed by atoms with Crippen LogP contribution in [0.3, 0.4) is 0 Å². The molecule has 1 amide bonds. The highest BCUT2D eigenvalue weighted by Gasteiger charge is 2.26. The quantitative estimate of drug-likeness (QED) is 0.867. The highest BCUT2D eigenvalue weighted by molar-refractivity contribution is 5.80. The summed E-state index contributed by atoms with van der Waals surface area (Å²) in [6.45, 7) is 10.1. The van der Waals surface area contributed by atoms with E-state index in [1.165, 1.54) is 0 Å². The molecule has 112 valence electrons. The SMILES string of the molecule is CC(C(=O)NC(C)(C)C)n1cncc1C1CNCCO1. The number of nitrogens with one attached hydrogen (secondary N) is 2. The Balaban J connectivity index is 2.12. The van der Waals surface area contributed by atoms with Gasteiger partial charge in [0.25, 0.3) is 0 Å². The zero-order chi connectivity index (χ0) is 14.8. The van der Waals surface area contributed by atoms with Gasteiger partial charge in [-0.2, -0.15) is 0 Å². The number of aromatic nitrogens is 2. The predicted molar refractivity (Wildman–Crippen MR) is 76.4 cm³/mol. The lowest BCUT2D eigenvalue weighted by Gasteiger charge is -2.28. The van der Waals surface area contributed by atoms with Gasteiger partial charge in [-0.3, -0.25) is 4.79 Å². The van der Waals surface area contributed by atoms with E-state index in [0.717, 1.165) is 18.8 Å². The van der Waals surface area contributed by atoms with E-state index < -0.39 is 0 Å². The monoisotopic (exact) mass is 280 g/mol. The molecular weight excluding hydrogens is 256 g/mol. The summed E-state index contributed by atoms with van der Waals surface area (Å²) in [5, 5.41) is 6.28. The molecule has 2 N–H and O–H groups in total. The number of hydrogen-bond donors (Lipinski definition) is 2. The molecular formula is C14H24N4O2. The Morgan fingerprint density at radius 2 is 2.35 bits per heavy atom. The largest absolute Gasteiger partial charge is 0.369 e. The number of rotatable bonds is 3. The minimum atomic E-state index is -0.308.